The minimum absolute atomic E-state index is 0.122. The van der Waals surface area contributed by atoms with Gasteiger partial charge in [0.25, 0.3) is 0 Å². The summed E-state index contributed by atoms with van der Waals surface area (Å²) >= 11 is 0. The van der Waals surface area contributed by atoms with E-state index in [9.17, 15) is 21.6 Å². The Labute approximate surface area is 158 Å². The van der Waals surface area contributed by atoms with Crippen molar-refractivity contribution < 1.29 is 26.3 Å². The summed E-state index contributed by atoms with van der Waals surface area (Å²) in [6, 6.07) is 7.24. The van der Waals surface area contributed by atoms with Crippen molar-refractivity contribution in [3.05, 3.63) is 55.4 Å². The lowest BCUT2D eigenvalue weighted by molar-refractivity contribution is -0.129. The lowest BCUT2D eigenvalue weighted by atomic mass is 10.3. The van der Waals surface area contributed by atoms with E-state index >= 15 is 0 Å². The first kappa shape index (κ1) is 19.6. The number of ether oxygens (including phenoxy) is 1. The summed E-state index contributed by atoms with van der Waals surface area (Å²) < 4.78 is 69.3. The second-order valence-corrected chi connectivity index (χ2v) is 7.44. The monoisotopic (exact) mass is 413 g/mol. The fourth-order valence-corrected chi connectivity index (χ4v) is 3.21. The fraction of sp³-hybridized carbons (Fsp3) is 0.188. The molecule has 12 heteroatoms. The number of imidazole rings is 1. The van der Waals surface area contributed by atoms with E-state index in [-0.39, 0.29) is 11.6 Å². The number of aromatic nitrogens is 4. The largest absolute Gasteiger partial charge is 0.439 e. The molecular formula is C16H14F3N5O3S. The molecule has 0 saturated heterocycles. The van der Waals surface area contributed by atoms with Crippen LogP contribution >= 0.6 is 0 Å². The number of hydrogen-bond acceptors (Lipinski definition) is 6. The van der Waals surface area contributed by atoms with Gasteiger partial charge in [0, 0.05) is 24.1 Å². The molecule has 0 radical (unpaired) electrons. The Morgan fingerprint density at radius 1 is 1.14 bits per heavy atom. The van der Waals surface area contributed by atoms with Crippen LogP contribution in [0, 0.1) is 0 Å². The zero-order chi connectivity index (χ0) is 20.2. The minimum Gasteiger partial charge on any atom is -0.439 e. The second-order valence-electron chi connectivity index (χ2n) is 5.60. The molecule has 28 heavy (non-hydrogen) atoms. The highest BCUT2D eigenvalue weighted by Crippen LogP contribution is 2.24. The van der Waals surface area contributed by atoms with Gasteiger partial charge in [-0.15, -0.1) is 0 Å². The van der Waals surface area contributed by atoms with Gasteiger partial charge in [-0.2, -0.15) is 13.2 Å². The number of nitrogens with one attached hydrogen (secondary N) is 1. The molecule has 0 amide bonds. The smallest absolute Gasteiger partial charge is 0.390 e. The predicted molar refractivity (Wildman–Crippen MR) is 93.8 cm³/mol. The maximum absolute atomic E-state index is 12.2. The van der Waals surface area contributed by atoms with E-state index < -0.39 is 28.4 Å². The van der Waals surface area contributed by atoms with Gasteiger partial charge in [0.1, 0.15) is 24.2 Å². The van der Waals surface area contributed by atoms with Crippen LogP contribution in [0.5, 0.6) is 11.6 Å². The third-order valence-corrected chi connectivity index (χ3v) is 4.69. The van der Waals surface area contributed by atoms with Gasteiger partial charge in [0.2, 0.25) is 15.9 Å². The van der Waals surface area contributed by atoms with E-state index in [0.29, 0.717) is 11.6 Å². The fourth-order valence-electron chi connectivity index (χ4n) is 2.11. The molecule has 0 atom stereocenters. The molecule has 1 N–H and O–H groups in total. The minimum atomic E-state index is -4.54. The summed E-state index contributed by atoms with van der Waals surface area (Å²) in [5.74, 6) is 0.0921. The maximum atomic E-state index is 12.2. The van der Waals surface area contributed by atoms with Crippen LogP contribution in [0.15, 0.2) is 55.4 Å². The van der Waals surface area contributed by atoms with Crippen LogP contribution in [-0.4, -0.2) is 39.9 Å². The molecule has 0 spiro atoms. The molecule has 0 aliphatic rings. The number of benzene rings is 1. The van der Waals surface area contributed by atoms with Crippen LogP contribution in [0.3, 0.4) is 0 Å². The topological polar surface area (TPSA) is 99.0 Å². The molecule has 3 rings (SSSR count). The molecule has 2 aromatic heterocycles. The molecule has 1 aromatic carbocycles. The quantitative estimate of drug-likeness (QED) is 0.639. The SMILES string of the molecule is O=S(=O)(CCC(F)(F)F)Nc1ccc(Oc2cc(-n3ccnc3)ncn2)cc1. The first-order valence-corrected chi connectivity index (χ1v) is 9.51. The molecule has 0 bridgehead atoms. The Hall–Kier alpha value is -3.15. The van der Waals surface area contributed by atoms with Crippen molar-refractivity contribution in [2.24, 2.45) is 0 Å². The number of rotatable bonds is 7. The highest BCUT2D eigenvalue weighted by molar-refractivity contribution is 7.92. The van der Waals surface area contributed by atoms with Crippen molar-refractivity contribution >= 4 is 15.7 Å². The summed E-state index contributed by atoms with van der Waals surface area (Å²) in [6.07, 6.45) is 0.207. The van der Waals surface area contributed by atoms with Crippen LogP contribution < -0.4 is 9.46 Å². The van der Waals surface area contributed by atoms with E-state index in [1.165, 1.54) is 30.6 Å². The van der Waals surface area contributed by atoms with Crippen molar-refractivity contribution in [3.63, 3.8) is 0 Å². The number of hydrogen-bond donors (Lipinski definition) is 1. The lowest BCUT2D eigenvalue weighted by Crippen LogP contribution is -2.21. The van der Waals surface area contributed by atoms with Gasteiger partial charge < -0.3 is 4.74 Å². The molecule has 148 valence electrons. The highest BCUT2D eigenvalue weighted by Gasteiger charge is 2.29. The average molecular weight is 413 g/mol. The maximum Gasteiger partial charge on any atom is 0.390 e. The highest BCUT2D eigenvalue weighted by atomic mass is 32.2. The number of anilines is 1. The molecular weight excluding hydrogens is 399 g/mol. The van der Waals surface area contributed by atoms with Crippen molar-refractivity contribution in [1.29, 1.82) is 0 Å². The van der Waals surface area contributed by atoms with Crippen molar-refractivity contribution in [2.45, 2.75) is 12.6 Å². The molecule has 0 aliphatic heterocycles. The number of nitrogens with zero attached hydrogens (tertiary/aromatic N) is 4. The van der Waals surface area contributed by atoms with Gasteiger partial charge in [-0.3, -0.25) is 9.29 Å². The van der Waals surface area contributed by atoms with Crippen LogP contribution in [0.1, 0.15) is 6.42 Å². The third-order valence-electron chi connectivity index (χ3n) is 3.40. The predicted octanol–water partition coefficient (Wildman–Crippen LogP) is 3.15. The molecule has 8 nitrogen and oxygen atoms in total. The van der Waals surface area contributed by atoms with Gasteiger partial charge in [0.05, 0.1) is 12.2 Å². The molecule has 0 fully saturated rings. The third kappa shape index (κ3) is 5.67. The Morgan fingerprint density at radius 2 is 1.89 bits per heavy atom. The summed E-state index contributed by atoms with van der Waals surface area (Å²) in [6.45, 7) is 0. The number of halogens is 3. The van der Waals surface area contributed by atoms with Crippen LogP contribution in [0.25, 0.3) is 5.82 Å². The van der Waals surface area contributed by atoms with E-state index in [1.807, 2.05) is 0 Å². The van der Waals surface area contributed by atoms with Gasteiger partial charge in [-0.25, -0.2) is 23.4 Å². The Morgan fingerprint density at radius 3 is 2.54 bits per heavy atom. The second kappa shape index (κ2) is 7.84. The first-order valence-electron chi connectivity index (χ1n) is 7.86. The molecule has 3 aromatic rings. The summed E-state index contributed by atoms with van der Waals surface area (Å²) in [4.78, 5) is 12.0. The van der Waals surface area contributed by atoms with Crippen molar-refractivity contribution in [3.8, 4) is 17.4 Å². The Kier molecular flexibility index (Phi) is 5.49. The Balaban J connectivity index is 1.64. The van der Waals surface area contributed by atoms with E-state index in [4.69, 9.17) is 4.74 Å². The molecule has 0 saturated carbocycles. The van der Waals surface area contributed by atoms with Crippen molar-refractivity contribution in [2.75, 3.05) is 10.5 Å². The van der Waals surface area contributed by atoms with E-state index in [1.54, 1.807) is 29.4 Å². The molecule has 0 aliphatic carbocycles. The van der Waals surface area contributed by atoms with Gasteiger partial charge in [-0.05, 0) is 24.3 Å². The van der Waals surface area contributed by atoms with Crippen LogP contribution in [-0.2, 0) is 10.0 Å². The number of alkyl halides is 3. The Bertz CT molecular complexity index is 1020. The summed E-state index contributed by atoms with van der Waals surface area (Å²) in [5, 5.41) is 0. The lowest BCUT2D eigenvalue weighted by Gasteiger charge is -2.10. The summed E-state index contributed by atoms with van der Waals surface area (Å²) in [7, 11) is -4.11. The van der Waals surface area contributed by atoms with E-state index in [0.717, 1.165) is 0 Å². The zero-order valence-corrected chi connectivity index (χ0v) is 15.0. The van der Waals surface area contributed by atoms with Crippen molar-refractivity contribution in [1.82, 2.24) is 19.5 Å². The molecule has 2 heterocycles. The number of sulfonamides is 1. The molecule has 0 unspecified atom stereocenters. The van der Waals surface area contributed by atoms with Gasteiger partial charge in [-0.1, -0.05) is 0 Å². The standard InChI is InChI=1S/C16H14F3N5O3S/c17-16(18,19)5-8-28(25,26)23-12-1-3-13(4-2-12)27-15-9-14(21-10-22-15)24-7-6-20-11-24/h1-4,6-7,9-11,23H,5,8H2. The van der Waals surface area contributed by atoms with Crippen LogP contribution in [0.4, 0.5) is 18.9 Å². The van der Waals surface area contributed by atoms with Gasteiger partial charge >= 0.3 is 6.18 Å². The zero-order valence-electron chi connectivity index (χ0n) is 14.2. The van der Waals surface area contributed by atoms with E-state index in [2.05, 4.69) is 19.7 Å². The van der Waals surface area contributed by atoms with Crippen LogP contribution in [0.2, 0.25) is 0 Å². The summed E-state index contributed by atoms with van der Waals surface area (Å²) in [5.41, 5.74) is 0.122. The normalized spacial score (nSPS) is 12.0. The average Bonchev–Trinajstić information content (AvgIpc) is 3.16. The first-order chi connectivity index (χ1) is 13.2. The van der Waals surface area contributed by atoms with Gasteiger partial charge in [0.15, 0.2) is 0 Å².